The predicted molar refractivity (Wildman–Crippen MR) is 30.7 cm³/mol. The van der Waals surface area contributed by atoms with E-state index in [0.29, 0.717) is 0 Å². The van der Waals surface area contributed by atoms with Crippen LogP contribution in [-0.4, -0.2) is 33.1 Å². The fraction of sp³-hybridized carbons (Fsp3) is 0.500. The normalized spacial score (nSPS) is 12.0. The summed E-state index contributed by atoms with van der Waals surface area (Å²) >= 11 is 0. The van der Waals surface area contributed by atoms with Crippen molar-refractivity contribution >= 4 is 11.9 Å². The first-order chi connectivity index (χ1) is 4.95. The molecule has 0 radical (unpaired) electrons. The van der Waals surface area contributed by atoms with Crippen molar-refractivity contribution in [2.75, 3.05) is 0 Å². The summed E-state index contributed by atoms with van der Waals surface area (Å²) in [4.78, 5) is 28.5. The van der Waals surface area contributed by atoms with Gasteiger partial charge in [-0.15, -0.1) is 0 Å². The topological polar surface area (TPSA) is 118 Å². The van der Waals surface area contributed by atoms with Gasteiger partial charge in [0, 0.05) is 4.92 Å². The first kappa shape index (κ1) is 9.34. The molecule has 0 aromatic rings. The van der Waals surface area contributed by atoms with Gasteiger partial charge in [-0.3, -0.25) is 14.9 Å². The molecule has 0 aliphatic rings. The molecule has 0 aliphatic carbocycles. The van der Waals surface area contributed by atoms with Crippen molar-refractivity contribution in [3.05, 3.63) is 10.1 Å². The molecule has 0 spiro atoms. The van der Waals surface area contributed by atoms with Crippen LogP contribution in [-0.2, 0) is 9.59 Å². The van der Waals surface area contributed by atoms with E-state index in [1.165, 1.54) is 0 Å². The smallest absolute Gasteiger partial charge is 0.379 e. The van der Waals surface area contributed by atoms with Crippen LogP contribution in [0.15, 0.2) is 0 Å². The van der Waals surface area contributed by atoms with E-state index >= 15 is 0 Å². The maximum atomic E-state index is 9.97. The number of carboxylic acids is 2. The van der Waals surface area contributed by atoms with Crippen molar-refractivity contribution in [2.45, 2.75) is 12.5 Å². The van der Waals surface area contributed by atoms with Gasteiger partial charge in [0.2, 0.25) is 0 Å². The molecule has 7 nitrogen and oxygen atoms in total. The third-order valence-corrected chi connectivity index (χ3v) is 0.908. The molecule has 0 rings (SSSR count). The lowest BCUT2D eigenvalue weighted by atomic mass is 10.2. The van der Waals surface area contributed by atoms with E-state index in [2.05, 4.69) is 0 Å². The van der Waals surface area contributed by atoms with Gasteiger partial charge in [0.05, 0.1) is 0 Å². The highest BCUT2D eigenvalue weighted by Gasteiger charge is 2.31. The van der Waals surface area contributed by atoms with Crippen molar-refractivity contribution in [2.24, 2.45) is 0 Å². The first-order valence-electron chi connectivity index (χ1n) is 2.53. The molecule has 2 N–H and O–H groups in total. The number of aliphatic carboxylic acids is 2. The Morgan fingerprint density at radius 2 is 1.91 bits per heavy atom. The number of rotatable bonds is 4. The highest BCUT2D eigenvalue weighted by atomic mass is 16.6. The SMILES string of the molecule is O=C(O)CC(C(=O)O)[N+](=O)[O-]. The minimum Gasteiger partial charge on any atom is -0.481 e. The molecule has 0 amide bonds. The van der Waals surface area contributed by atoms with Crippen LogP contribution in [0.25, 0.3) is 0 Å². The molecule has 1 atom stereocenters. The Morgan fingerprint density at radius 1 is 1.45 bits per heavy atom. The van der Waals surface area contributed by atoms with Crippen molar-refractivity contribution in [3.8, 4) is 0 Å². The van der Waals surface area contributed by atoms with Crippen LogP contribution in [0.5, 0.6) is 0 Å². The first-order valence-corrected chi connectivity index (χ1v) is 2.53. The second-order valence-electron chi connectivity index (χ2n) is 1.74. The monoisotopic (exact) mass is 163 g/mol. The molecule has 62 valence electrons. The van der Waals surface area contributed by atoms with Crippen LogP contribution in [0.3, 0.4) is 0 Å². The molecule has 0 aromatic heterocycles. The summed E-state index contributed by atoms with van der Waals surface area (Å²) in [6.45, 7) is 0. The van der Waals surface area contributed by atoms with Crippen molar-refractivity contribution in [1.82, 2.24) is 0 Å². The van der Waals surface area contributed by atoms with Gasteiger partial charge in [-0.25, -0.2) is 4.79 Å². The van der Waals surface area contributed by atoms with Crippen molar-refractivity contribution in [1.29, 1.82) is 0 Å². The zero-order valence-corrected chi connectivity index (χ0v) is 5.26. The Bertz CT molecular complexity index is 185. The summed E-state index contributed by atoms with van der Waals surface area (Å²) in [6.07, 6.45) is -0.998. The van der Waals surface area contributed by atoms with Gasteiger partial charge >= 0.3 is 18.0 Å². The Balaban J connectivity index is 4.23. The summed E-state index contributed by atoms with van der Waals surface area (Å²) in [6, 6.07) is -2.05. The van der Waals surface area contributed by atoms with Gasteiger partial charge in [0.25, 0.3) is 0 Å². The molecule has 7 heteroatoms. The fourth-order valence-electron chi connectivity index (χ4n) is 0.417. The maximum Gasteiger partial charge on any atom is 0.379 e. The zero-order valence-electron chi connectivity index (χ0n) is 5.26. The van der Waals surface area contributed by atoms with Gasteiger partial charge in [0.1, 0.15) is 6.42 Å². The molecule has 0 aliphatic heterocycles. The number of carbonyl (C=O) groups is 2. The van der Waals surface area contributed by atoms with Crippen LogP contribution in [0, 0.1) is 10.1 Å². The van der Waals surface area contributed by atoms with Crippen molar-refractivity contribution in [3.63, 3.8) is 0 Å². The van der Waals surface area contributed by atoms with E-state index in [1.54, 1.807) is 0 Å². The highest BCUT2D eigenvalue weighted by molar-refractivity contribution is 5.79. The largest absolute Gasteiger partial charge is 0.481 e. The Hall–Kier alpha value is -1.66. The van der Waals surface area contributed by atoms with Gasteiger partial charge in [0.15, 0.2) is 0 Å². The van der Waals surface area contributed by atoms with Gasteiger partial charge in [-0.2, -0.15) is 0 Å². The quantitative estimate of drug-likeness (QED) is 0.413. The summed E-state index contributed by atoms with van der Waals surface area (Å²) in [5.41, 5.74) is 0. The van der Waals surface area contributed by atoms with Crippen LogP contribution in [0.2, 0.25) is 0 Å². The summed E-state index contributed by atoms with van der Waals surface area (Å²) < 4.78 is 0. The van der Waals surface area contributed by atoms with E-state index in [-0.39, 0.29) is 0 Å². The standard InChI is InChI=1S/C4H5NO6/c6-3(7)1-2(4(8)9)5(10)11/h2H,1H2,(H,6,7)(H,8,9). The van der Waals surface area contributed by atoms with Gasteiger partial charge < -0.3 is 10.2 Å². The Morgan fingerprint density at radius 3 is 2.00 bits per heavy atom. The fourth-order valence-corrected chi connectivity index (χ4v) is 0.417. The number of hydrogen-bond donors (Lipinski definition) is 2. The molecular formula is C4H5NO6. The lowest BCUT2D eigenvalue weighted by Crippen LogP contribution is -2.31. The number of nitro groups is 1. The number of carboxylic acid groups (broad SMARTS) is 2. The third-order valence-electron chi connectivity index (χ3n) is 0.908. The molecule has 11 heavy (non-hydrogen) atoms. The third kappa shape index (κ3) is 3.14. The molecule has 1 unspecified atom stereocenters. The van der Waals surface area contributed by atoms with E-state index in [4.69, 9.17) is 10.2 Å². The van der Waals surface area contributed by atoms with Crippen LogP contribution < -0.4 is 0 Å². The van der Waals surface area contributed by atoms with Crippen LogP contribution in [0.1, 0.15) is 6.42 Å². The minimum atomic E-state index is -2.05. The van der Waals surface area contributed by atoms with E-state index < -0.39 is 29.3 Å². The maximum absolute atomic E-state index is 9.97. The second kappa shape index (κ2) is 3.49. The van der Waals surface area contributed by atoms with Gasteiger partial charge in [-0.1, -0.05) is 0 Å². The molecule has 0 aromatic carbocycles. The Labute approximate surface area is 60.4 Å². The van der Waals surface area contributed by atoms with Crippen LogP contribution in [0.4, 0.5) is 0 Å². The van der Waals surface area contributed by atoms with E-state index in [9.17, 15) is 19.7 Å². The molecule has 0 fully saturated rings. The summed E-state index contributed by atoms with van der Waals surface area (Å²) in [5.74, 6) is -3.24. The highest BCUT2D eigenvalue weighted by Crippen LogP contribution is 1.96. The zero-order chi connectivity index (χ0) is 9.02. The number of hydrogen-bond acceptors (Lipinski definition) is 4. The summed E-state index contributed by atoms with van der Waals surface area (Å²) in [5, 5.41) is 25.9. The average Bonchev–Trinajstić information content (AvgIpc) is 1.81. The second-order valence-corrected chi connectivity index (χ2v) is 1.74. The van der Waals surface area contributed by atoms with Crippen LogP contribution >= 0.6 is 0 Å². The van der Waals surface area contributed by atoms with Gasteiger partial charge in [-0.05, 0) is 0 Å². The molecule has 0 bridgehead atoms. The lowest BCUT2D eigenvalue weighted by molar-refractivity contribution is -0.509. The van der Waals surface area contributed by atoms with E-state index in [0.717, 1.165) is 0 Å². The molecule has 0 heterocycles. The molecule has 0 saturated heterocycles. The lowest BCUT2D eigenvalue weighted by Gasteiger charge is -1.99. The minimum absolute atomic E-state index is 0.998. The summed E-state index contributed by atoms with van der Waals surface area (Å²) in [7, 11) is 0. The Kier molecular flexibility index (Phi) is 2.97. The van der Waals surface area contributed by atoms with Crippen molar-refractivity contribution < 1.29 is 24.7 Å². The average molecular weight is 163 g/mol. The molecule has 0 saturated carbocycles. The molecular weight excluding hydrogens is 158 g/mol. The number of nitrogens with zero attached hydrogens (tertiary/aromatic N) is 1. The predicted octanol–water partition coefficient (Wildman–Crippen LogP) is -0.809. The van der Waals surface area contributed by atoms with E-state index in [1.807, 2.05) is 0 Å².